The summed E-state index contributed by atoms with van der Waals surface area (Å²) in [5, 5.41) is 17.0. The van der Waals surface area contributed by atoms with Crippen molar-refractivity contribution in [1.82, 2.24) is 20.1 Å². The average Bonchev–Trinajstić information content (AvgIpc) is 3.23. The van der Waals surface area contributed by atoms with Crippen molar-refractivity contribution < 1.29 is 9.59 Å². The van der Waals surface area contributed by atoms with Gasteiger partial charge in [-0.25, -0.2) is 0 Å². The summed E-state index contributed by atoms with van der Waals surface area (Å²) in [6, 6.07) is 21.2. The highest BCUT2D eigenvalue weighted by Crippen LogP contribution is 2.24. The van der Waals surface area contributed by atoms with Gasteiger partial charge in [0.1, 0.15) is 0 Å². The molecule has 0 spiro atoms. The molecule has 2 N–H and O–H groups in total. The van der Waals surface area contributed by atoms with E-state index in [9.17, 15) is 9.59 Å². The second-order valence-electron chi connectivity index (χ2n) is 7.56. The standard InChI is InChI=1S/C25H25N5O2S/c1-3-30-22(15-26-24(32)19-11-6-8-17(2)14-19)28-29-25(30)33-16-23(31)27-21-13-7-10-18-9-4-5-12-20(18)21/h4-14H,3,15-16H2,1-2H3,(H,26,32)(H,27,31). The average molecular weight is 460 g/mol. The number of rotatable bonds is 8. The molecule has 0 bridgehead atoms. The van der Waals surface area contributed by atoms with Crippen molar-refractivity contribution in [3.63, 3.8) is 0 Å². The lowest BCUT2D eigenvalue weighted by Crippen LogP contribution is -2.25. The topological polar surface area (TPSA) is 88.9 Å². The molecule has 0 aliphatic carbocycles. The first-order valence-corrected chi connectivity index (χ1v) is 11.7. The Morgan fingerprint density at radius 3 is 2.61 bits per heavy atom. The first-order valence-electron chi connectivity index (χ1n) is 10.7. The van der Waals surface area contributed by atoms with Crippen molar-refractivity contribution in [2.24, 2.45) is 0 Å². The number of carbonyl (C=O) groups excluding carboxylic acids is 2. The van der Waals surface area contributed by atoms with Crippen LogP contribution in [0.3, 0.4) is 0 Å². The SMILES string of the molecule is CCn1c(CNC(=O)c2cccc(C)c2)nnc1SCC(=O)Nc1cccc2ccccc12. The molecule has 0 radical (unpaired) electrons. The van der Waals surface area contributed by atoms with Crippen LogP contribution in [0.25, 0.3) is 10.8 Å². The van der Waals surface area contributed by atoms with Crippen molar-refractivity contribution in [2.45, 2.75) is 32.1 Å². The Kier molecular flexibility index (Phi) is 7.04. The van der Waals surface area contributed by atoms with Gasteiger partial charge in [0, 0.05) is 23.2 Å². The second-order valence-corrected chi connectivity index (χ2v) is 8.50. The van der Waals surface area contributed by atoms with E-state index >= 15 is 0 Å². The van der Waals surface area contributed by atoms with E-state index in [2.05, 4.69) is 20.8 Å². The highest BCUT2D eigenvalue weighted by molar-refractivity contribution is 7.99. The number of nitrogens with zero attached hydrogens (tertiary/aromatic N) is 3. The third-order valence-electron chi connectivity index (χ3n) is 5.19. The highest BCUT2D eigenvalue weighted by Gasteiger charge is 2.15. The van der Waals surface area contributed by atoms with Gasteiger partial charge in [0.05, 0.1) is 12.3 Å². The van der Waals surface area contributed by atoms with E-state index in [0.717, 1.165) is 22.0 Å². The number of aromatic nitrogens is 3. The number of amides is 2. The maximum Gasteiger partial charge on any atom is 0.251 e. The number of carbonyl (C=O) groups is 2. The van der Waals surface area contributed by atoms with Crippen LogP contribution in [-0.2, 0) is 17.9 Å². The van der Waals surface area contributed by atoms with E-state index < -0.39 is 0 Å². The fourth-order valence-corrected chi connectivity index (χ4v) is 4.39. The normalized spacial score (nSPS) is 10.8. The molecule has 3 aromatic carbocycles. The number of thioether (sulfide) groups is 1. The third-order valence-corrected chi connectivity index (χ3v) is 6.16. The highest BCUT2D eigenvalue weighted by atomic mass is 32.2. The van der Waals surface area contributed by atoms with Crippen LogP contribution in [0.1, 0.15) is 28.7 Å². The van der Waals surface area contributed by atoms with Gasteiger partial charge in [0.15, 0.2) is 11.0 Å². The van der Waals surface area contributed by atoms with Crippen molar-refractivity contribution >= 4 is 40.0 Å². The Morgan fingerprint density at radius 1 is 1.00 bits per heavy atom. The van der Waals surface area contributed by atoms with Crippen LogP contribution < -0.4 is 10.6 Å². The number of anilines is 1. The van der Waals surface area contributed by atoms with E-state index in [-0.39, 0.29) is 24.1 Å². The lowest BCUT2D eigenvalue weighted by Gasteiger charge is -2.10. The summed E-state index contributed by atoms with van der Waals surface area (Å²) in [7, 11) is 0. The number of hydrogen-bond donors (Lipinski definition) is 2. The fourth-order valence-electron chi connectivity index (χ4n) is 3.57. The minimum Gasteiger partial charge on any atom is -0.345 e. The van der Waals surface area contributed by atoms with Crippen LogP contribution in [0.5, 0.6) is 0 Å². The summed E-state index contributed by atoms with van der Waals surface area (Å²) in [4.78, 5) is 25.0. The second kappa shape index (κ2) is 10.3. The van der Waals surface area contributed by atoms with Gasteiger partial charge in [0.25, 0.3) is 5.91 Å². The lowest BCUT2D eigenvalue weighted by molar-refractivity contribution is -0.113. The summed E-state index contributed by atoms with van der Waals surface area (Å²) in [5.41, 5.74) is 2.42. The number of hydrogen-bond acceptors (Lipinski definition) is 5. The van der Waals surface area contributed by atoms with Gasteiger partial charge in [-0.05, 0) is 37.4 Å². The van der Waals surface area contributed by atoms with Crippen LogP contribution in [-0.4, -0.2) is 32.3 Å². The largest absolute Gasteiger partial charge is 0.345 e. The van der Waals surface area contributed by atoms with Gasteiger partial charge in [-0.2, -0.15) is 0 Å². The monoisotopic (exact) mass is 459 g/mol. The molecular weight excluding hydrogens is 434 g/mol. The van der Waals surface area contributed by atoms with Gasteiger partial charge in [-0.1, -0.05) is 65.9 Å². The van der Waals surface area contributed by atoms with Gasteiger partial charge in [0.2, 0.25) is 5.91 Å². The minimum atomic E-state index is -0.159. The summed E-state index contributed by atoms with van der Waals surface area (Å²) in [6.45, 7) is 4.83. The quantitative estimate of drug-likeness (QED) is 0.381. The zero-order valence-electron chi connectivity index (χ0n) is 18.5. The molecule has 7 nitrogen and oxygen atoms in total. The van der Waals surface area contributed by atoms with Crippen molar-refractivity contribution in [3.05, 3.63) is 83.7 Å². The summed E-state index contributed by atoms with van der Waals surface area (Å²) < 4.78 is 1.91. The van der Waals surface area contributed by atoms with Gasteiger partial charge in [-0.3, -0.25) is 9.59 Å². The fraction of sp³-hybridized carbons (Fsp3) is 0.200. The van der Waals surface area contributed by atoms with Gasteiger partial charge < -0.3 is 15.2 Å². The van der Waals surface area contributed by atoms with E-state index in [1.54, 1.807) is 6.07 Å². The molecule has 4 aromatic rings. The summed E-state index contributed by atoms with van der Waals surface area (Å²) in [5.74, 6) is 0.580. The van der Waals surface area contributed by atoms with Crippen LogP contribution in [0.4, 0.5) is 5.69 Å². The van der Waals surface area contributed by atoms with E-state index in [1.165, 1.54) is 11.8 Å². The van der Waals surface area contributed by atoms with Crippen LogP contribution in [0.15, 0.2) is 71.9 Å². The molecule has 1 aromatic heterocycles. The molecule has 0 saturated carbocycles. The Morgan fingerprint density at radius 2 is 1.79 bits per heavy atom. The maximum absolute atomic E-state index is 12.6. The Bertz CT molecular complexity index is 1300. The van der Waals surface area contributed by atoms with Crippen LogP contribution in [0.2, 0.25) is 0 Å². The van der Waals surface area contributed by atoms with Crippen molar-refractivity contribution in [3.8, 4) is 0 Å². The molecule has 0 unspecified atom stereocenters. The predicted octanol–water partition coefficient (Wildman–Crippen LogP) is 4.42. The Labute approximate surface area is 196 Å². The maximum atomic E-state index is 12.6. The molecule has 1 heterocycles. The molecule has 0 atom stereocenters. The van der Waals surface area contributed by atoms with E-state index in [0.29, 0.717) is 23.1 Å². The molecule has 168 valence electrons. The summed E-state index contributed by atoms with van der Waals surface area (Å²) in [6.07, 6.45) is 0. The van der Waals surface area contributed by atoms with Crippen molar-refractivity contribution in [1.29, 1.82) is 0 Å². The first kappa shape index (κ1) is 22.5. The molecule has 4 rings (SSSR count). The molecule has 0 fully saturated rings. The molecule has 8 heteroatoms. The molecule has 0 aliphatic rings. The minimum absolute atomic E-state index is 0.115. The molecule has 33 heavy (non-hydrogen) atoms. The number of benzene rings is 3. The predicted molar refractivity (Wildman–Crippen MR) is 131 cm³/mol. The summed E-state index contributed by atoms with van der Waals surface area (Å²) >= 11 is 1.32. The third kappa shape index (κ3) is 5.40. The number of fused-ring (bicyclic) bond motifs is 1. The smallest absolute Gasteiger partial charge is 0.251 e. The Balaban J connectivity index is 1.37. The molecule has 2 amide bonds. The molecule has 0 aliphatic heterocycles. The zero-order valence-corrected chi connectivity index (χ0v) is 19.4. The lowest BCUT2D eigenvalue weighted by atomic mass is 10.1. The number of nitrogens with one attached hydrogen (secondary N) is 2. The van der Waals surface area contributed by atoms with Gasteiger partial charge >= 0.3 is 0 Å². The van der Waals surface area contributed by atoms with Crippen LogP contribution >= 0.6 is 11.8 Å². The van der Waals surface area contributed by atoms with Crippen LogP contribution in [0, 0.1) is 6.92 Å². The van der Waals surface area contributed by atoms with Gasteiger partial charge in [-0.15, -0.1) is 10.2 Å². The van der Waals surface area contributed by atoms with E-state index in [4.69, 9.17) is 0 Å². The zero-order chi connectivity index (χ0) is 23.2. The van der Waals surface area contributed by atoms with E-state index in [1.807, 2.05) is 79.1 Å². The van der Waals surface area contributed by atoms with Crippen molar-refractivity contribution in [2.75, 3.05) is 11.1 Å². The molecule has 0 saturated heterocycles. The molecular formula is C25H25N5O2S. The first-order chi connectivity index (χ1) is 16.0. The Hall–Kier alpha value is -3.65. The number of aryl methyl sites for hydroxylation is 1.